The van der Waals surface area contributed by atoms with E-state index in [4.69, 9.17) is 4.98 Å². The molecule has 0 radical (unpaired) electrons. The lowest BCUT2D eigenvalue weighted by Crippen LogP contribution is -2.29. The highest BCUT2D eigenvalue weighted by Crippen LogP contribution is 2.29. The number of carbonyl (C=O) groups excluding carboxylic acids is 1. The number of urea groups is 1. The van der Waals surface area contributed by atoms with Gasteiger partial charge in [-0.1, -0.05) is 19.4 Å². The van der Waals surface area contributed by atoms with Crippen LogP contribution in [0.2, 0.25) is 0 Å². The summed E-state index contributed by atoms with van der Waals surface area (Å²) in [6.07, 6.45) is 2.00. The van der Waals surface area contributed by atoms with Crippen LogP contribution in [-0.2, 0) is 5.54 Å². The van der Waals surface area contributed by atoms with E-state index in [1.165, 1.54) is 0 Å². The maximum atomic E-state index is 12.0. The van der Waals surface area contributed by atoms with E-state index in [0.29, 0.717) is 12.4 Å². The first-order chi connectivity index (χ1) is 12.3. The number of aryl methyl sites for hydroxylation is 1. The van der Waals surface area contributed by atoms with E-state index in [-0.39, 0.29) is 11.6 Å². The van der Waals surface area contributed by atoms with Gasteiger partial charge in [-0.25, -0.2) is 14.8 Å². The summed E-state index contributed by atoms with van der Waals surface area (Å²) >= 11 is 0. The van der Waals surface area contributed by atoms with E-state index < -0.39 is 0 Å². The monoisotopic (exact) mass is 353 g/mol. The third-order valence-electron chi connectivity index (χ3n) is 4.38. The number of anilines is 1. The van der Waals surface area contributed by atoms with Crippen molar-refractivity contribution in [3.8, 4) is 0 Å². The number of fused-ring (bicyclic) bond motifs is 3. The number of unbranched alkanes of at least 4 members (excludes halogenated alkanes) is 1. The minimum absolute atomic E-state index is 0.0679. The van der Waals surface area contributed by atoms with Crippen molar-refractivity contribution in [2.45, 2.75) is 53.0 Å². The van der Waals surface area contributed by atoms with Gasteiger partial charge in [-0.2, -0.15) is 0 Å². The van der Waals surface area contributed by atoms with Crippen molar-refractivity contribution in [2.75, 3.05) is 11.9 Å². The number of aromatic nitrogens is 3. The van der Waals surface area contributed by atoms with Crippen molar-refractivity contribution >= 4 is 33.8 Å². The zero-order chi connectivity index (χ0) is 18.9. The molecule has 0 aliphatic rings. The van der Waals surface area contributed by atoms with Crippen molar-refractivity contribution < 1.29 is 4.79 Å². The normalized spacial score (nSPS) is 11.9. The zero-order valence-electron chi connectivity index (χ0n) is 16.2. The average Bonchev–Trinajstić information content (AvgIpc) is 2.91. The maximum absolute atomic E-state index is 12.0. The number of imidazole rings is 1. The number of rotatable bonds is 4. The first kappa shape index (κ1) is 18.2. The third kappa shape index (κ3) is 3.49. The molecule has 2 aromatic heterocycles. The Morgan fingerprint density at radius 1 is 1.12 bits per heavy atom. The topological polar surface area (TPSA) is 71.8 Å². The number of hydrogen-bond acceptors (Lipinski definition) is 3. The van der Waals surface area contributed by atoms with E-state index in [0.717, 1.165) is 40.6 Å². The summed E-state index contributed by atoms with van der Waals surface area (Å²) in [4.78, 5) is 21.4. The lowest BCUT2D eigenvalue weighted by Gasteiger charge is -2.23. The first-order valence-corrected chi connectivity index (χ1v) is 9.15. The van der Waals surface area contributed by atoms with Crippen LogP contribution in [-0.4, -0.2) is 27.1 Å². The van der Waals surface area contributed by atoms with Crippen LogP contribution in [0.5, 0.6) is 0 Å². The molecule has 0 unspecified atom stereocenters. The van der Waals surface area contributed by atoms with Gasteiger partial charge in [0.25, 0.3) is 0 Å². The Balaban J connectivity index is 2.00. The molecule has 0 aliphatic heterocycles. The number of amides is 2. The van der Waals surface area contributed by atoms with Crippen LogP contribution in [0.3, 0.4) is 0 Å². The molecule has 6 heteroatoms. The second-order valence-corrected chi connectivity index (χ2v) is 7.60. The van der Waals surface area contributed by atoms with Crippen molar-refractivity contribution in [3.63, 3.8) is 0 Å². The molecule has 3 aromatic rings. The van der Waals surface area contributed by atoms with Gasteiger partial charge < -0.3 is 9.88 Å². The highest BCUT2D eigenvalue weighted by atomic mass is 16.2. The zero-order valence-corrected chi connectivity index (χ0v) is 16.2. The predicted molar refractivity (Wildman–Crippen MR) is 107 cm³/mol. The van der Waals surface area contributed by atoms with Crippen LogP contribution >= 0.6 is 0 Å². The van der Waals surface area contributed by atoms with Gasteiger partial charge in [0.1, 0.15) is 22.7 Å². The Labute approximate surface area is 154 Å². The van der Waals surface area contributed by atoms with E-state index in [9.17, 15) is 4.79 Å². The molecule has 0 fully saturated rings. The van der Waals surface area contributed by atoms with Crippen LogP contribution in [0, 0.1) is 6.92 Å². The highest BCUT2D eigenvalue weighted by Gasteiger charge is 2.20. The summed E-state index contributed by atoms with van der Waals surface area (Å²) in [6, 6.07) is 7.71. The van der Waals surface area contributed by atoms with Gasteiger partial charge in [0, 0.05) is 17.5 Å². The molecule has 0 spiro atoms. The van der Waals surface area contributed by atoms with Crippen molar-refractivity contribution in [2.24, 2.45) is 0 Å². The molecule has 26 heavy (non-hydrogen) atoms. The molecule has 0 atom stereocenters. The van der Waals surface area contributed by atoms with Gasteiger partial charge in [0.15, 0.2) is 0 Å². The fourth-order valence-electron chi connectivity index (χ4n) is 3.30. The van der Waals surface area contributed by atoms with Crippen molar-refractivity contribution in [1.29, 1.82) is 0 Å². The van der Waals surface area contributed by atoms with Gasteiger partial charge in [0.2, 0.25) is 0 Å². The van der Waals surface area contributed by atoms with E-state index >= 15 is 0 Å². The van der Waals surface area contributed by atoms with E-state index in [1.54, 1.807) is 0 Å². The van der Waals surface area contributed by atoms with Gasteiger partial charge >= 0.3 is 6.03 Å². The molecule has 2 N–H and O–H groups in total. The summed E-state index contributed by atoms with van der Waals surface area (Å²) < 4.78 is 2.22. The second-order valence-electron chi connectivity index (χ2n) is 7.60. The Bertz CT molecular complexity index is 952. The summed E-state index contributed by atoms with van der Waals surface area (Å²) in [5.74, 6) is 1.49. The highest BCUT2D eigenvalue weighted by molar-refractivity contribution is 6.03. The Morgan fingerprint density at radius 2 is 1.85 bits per heavy atom. The van der Waals surface area contributed by atoms with Crippen molar-refractivity contribution in [3.05, 3.63) is 30.1 Å². The smallest absolute Gasteiger partial charge is 0.320 e. The number of nitrogens with zero attached hydrogens (tertiary/aromatic N) is 3. The summed E-state index contributed by atoms with van der Waals surface area (Å²) in [6.45, 7) is 11.3. The SMILES string of the molecule is CCCCNC(=O)Nc1ccc2ccc3c(nc(C)n3C(C)(C)C)c2n1. The summed E-state index contributed by atoms with van der Waals surface area (Å²) in [5.41, 5.74) is 2.66. The molecule has 1 aromatic carbocycles. The van der Waals surface area contributed by atoms with Crippen molar-refractivity contribution in [1.82, 2.24) is 19.9 Å². The minimum atomic E-state index is -0.228. The number of pyridine rings is 1. The molecule has 138 valence electrons. The van der Waals surface area contributed by atoms with E-state index in [1.807, 2.05) is 19.1 Å². The molecule has 0 saturated carbocycles. The molecular formula is C20H27N5O. The molecule has 6 nitrogen and oxygen atoms in total. The van der Waals surface area contributed by atoms with Crippen LogP contribution < -0.4 is 10.6 Å². The largest absolute Gasteiger partial charge is 0.338 e. The fourth-order valence-corrected chi connectivity index (χ4v) is 3.30. The maximum Gasteiger partial charge on any atom is 0.320 e. The summed E-state index contributed by atoms with van der Waals surface area (Å²) in [5, 5.41) is 6.66. The molecule has 0 saturated heterocycles. The molecule has 0 bridgehead atoms. The number of benzene rings is 1. The summed E-state index contributed by atoms with van der Waals surface area (Å²) in [7, 11) is 0. The lowest BCUT2D eigenvalue weighted by atomic mass is 10.1. The Hall–Kier alpha value is -2.63. The number of carbonyl (C=O) groups is 1. The molecule has 2 heterocycles. The molecular weight excluding hydrogens is 326 g/mol. The quantitative estimate of drug-likeness (QED) is 0.675. The number of hydrogen-bond donors (Lipinski definition) is 2. The number of nitrogens with one attached hydrogen (secondary N) is 2. The average molecular weight is 353 g/mol. The van der Waals surface area contributed by atoms with E-state index in [2.05, 4.69) is 60.0 Å². The van der Waals surface area contributed by atoms with Gasteiger partial charge in [-0.05, 0) is 52.3 Å². The fraction of sp³-hybridized carbons (Fsp3) is 0.450. The molecule has 0 aliphatic carbocycles. The Morgan fingerprint density at radius 3 is 2.54 bits per heavy atom. The lowest BCUT2D eigenvalue weighted by molar-refractivity contribution is 0.252. The van der Waals surface area contributed by atoms with Crippen LogP contribution in [0.4, 0.5) is 10.6 Å². The predicted octanol–water partition coefficient (Wildman–Crippen LogP) is 4.57. The van der Waals surface area contributed by atoms with Crippen LogP contribution in [0.25, 0.3) is 21.9 Å². The van der Waals surface area contributed by atoms with Crippen LogP contribution in [0.1, 0.15) is 46.4 Å². The molecule has 2 amide bonds. The molecule has 3 rings (SSSR count). The van der Waals surface area contributed by atoms with Gasteiger partial charge in [-0.3, -0.25) is 5.32 Å². The standard InChI is InChI=1S/C20H27N5O/c1-6-7-12-21-19(26)24-16-11-9-14-8-10-15-18(17(14)23-16)22-13(2)25(15)20(3,4)5/h8-11H,6-7,12H2,1-5H3,(H2,21,23,24,26). The minimum Gasteiger partial charge on any atom is -0.338 e. The Kier molecular flexibility index (Phi) is 4.85. The van der Waals surface area contributed by atoms with Gasteiger partial charge in [0.05, 0.1) is 5.52 Å². The van der Waals surface area contributed by atoms with Crippen LogP contribution in [0.15, 0.2) is 24.3 Å². The third-order valence-corrected chi connectivity index (χ3v) is 4.38. The second kappa shape index (κ2) is 6.94. The first-order valence-electron chi connectivity index (χ1n) is 9.15. The van der Waals surface area contributed by atoms with Gasteiger partial charge in [-0.15, -0.1) is 0 Å².